The summed E-state index contributed by atoms with van der Waals surface area (Å²) in [4.78, 5) is 20.7. The van der Waals surface area contributed by atoms with Crippen molar-refractivity contribution in [2.75, 3.05) is 5.73 Å². The Balaban J connectivity index is 1.28. The molecule has 3 fully saturated rings. The summed E-state index contributed by atoms with van der Waals surface area (Å²) in [5.41, 5.74) is 13.9. The zero-order valence-corrected chi connectivity index (χ0v) is 27.0. The minimum Gasteiger partial charge on any atom is -0.397 e. The molecule has 4 aliphatic rings. The number of aromatic nitrogens is 1. The van der Waals surface area contributed by atoms with Crippen LogP contribution in [0, 0.1) is 29.1 Å². The predicted octanol–water partition coefficient (Wildman–Crippen LogP) is 9.99. The lowest BCUT2D eigenvalue weighted by Crippen LogP contribution is -2.53. The van der Waals surface area contributed by atoms with Gasteiger partial charge in [0.2, 0.25) is 5.78 Å². The van der Waals surface area contributed by atoms with E-state index < -0.39 is 0 Å². The van der Waals surface area contributed by atoms with Crippen LogP contribution < -0.4 is 5.73 Å². The Bertz CT molecular complexity index is 1710. The van der Waals surface area contributed by atoms with Crippen LogP contribution in [0.5, 0.6) is 0 Å². The number of rotatable bonds is 3. The van der Waals surface area contributed by atoms with Crippen LogP contribution in [0.3, 0.4) is 0 Å². The van der Waals surface area contributed by atoms with Crippen molar-refractivity contribution < 1.29 is 4.79 Å². The number of fused-ring (bicyclic) bond motifs is 8. The van der Waals surface area contributed by atoms with Crippen molar-refractivity contribution in [1.82, 2.24) is 4.98 Å². The Morgan fingerprint density at radius 3 is 2.52 bits per heavy atom. The highest BCUT2D eigenvalue weighted by molar-refractivity contribution is 9.10. The van der Waals surface area contributed by atoms with E-state index in [0.29, 0.717) is 27.5 Å². The predicted molar refractivity (Wildman–Crippen MR) is 177 cm³/mol. The molecule has 0 aliphatic heterocycles. The molecule has 4 unspecified atom stereocenters. The summed E-state index contributed by atoms with van der Waals surface area (Å²) < 4.78 is 0.955. The standard InChI is InChI=1S/C37H39BrN2OS/c1-36-18-7-6-10-23(36)13-16-25-27(36)17-19-37(2)28(25)20-26-29(21-8-4-3-5-9-21)30-31(39)33(42-35(30)40-34(26)37)32(41)22-11-14-24(38)15-12-22/h3-5,8-9,11-12,14-15,23,25,27-28H,6-7,10,13,16-20,39H2,1-2H3/t23?,25?,27?,28?,36-,37-/m0/s1. The van der Waals surface area contributed by atoms with Gasteiger partial charge in [0.25, 0.3) is 0 Å². The fourth-order valence-corrected chi connectivity index (χ4v) is 11.5. The van der Waals surface area contributed by atoms with Crippen LogP contribution in [0.4, 0.5) is 5.69 Å². The van der Waals surface area contributed by atoms with E-state index in [9.17, 15) is 4.79 Å². The number of carbonyl (C=O) groups is 1. The van der Waals surface area contributed by atoms with Crippen molar-refractivity contribution in [3.8, 4) is 11.1 Å². The number of ketones is 1. The number of pyridine rings is 1. The fraction of sp³-hybridized carbons (Fsp3) is 0.459. The third kappa shape index (κ3) is 3.81. The van der Waals surface area contributed by atoms with Gasteiger partial charge in [-0.2, -0.15) is 0 Å². The third-order valence-corrected chi connectivity index (χ3v) is 13.9. The van der Waals surface area contributed by atoms with E-state index in [1.165, 1.54) is 85.1 Å². The lowest BCUT2D eigenvalue weighted by Gasteiger charge is -2.59. The second-order valence-corrected chi connectivity index (χ2v) is 16.0. The van der Waals surface area contributed by atoms with E-state index in [0.717, 1.165) is 38.9 Å². The minimum absolute atomic E-state index is 0.0238. The van der Waals surface area contributed by atoms with Gasteiger partial charge in [0.1, 0.15) is 9.71 Å². The maximum absolute atomic E-state index is 13.7. The number of hydrogen-bond acceptors (Lipinski definition) is 4. The van der Waals surface area contributed by atoms with Crippen LogP contribution in [0.25, 0.3) is 21.3 Å². The fourth-order valence-electron chi connectivity index (χ4n) is 10.2. The zero-order valence-electron chi connectivity index (χ0n) is 24.6. The van der Waals surface area contributed by atoms with Gasteiger partial charge in [-0.05, 0) is 115 Å². The number of thiophene rings is 1. The molecule has 4 aliphatic carbocycles. The van der Waals surface area contributed by atoms with E-state index in [1.807, 2.05) is 24.3 Å². The number of benzene rings is 2. The molecule has 0 saturated heterocycles. The second-order valence-electron chi connectivity index (χ2n) is 14.1. The Labute approximate surface area is 261 Å². The van der Waals surface area contributed by atoms with Crippen molar-refractivity contribution in [3.05, 3.63) is 80.8 Å². The van der Waals surface area contributed by atoms with E-state index in [-0.39, 0.29) is 11.2 Å². The largest absolute Gasteiger partial charge is 0.397 e. The first-order chi connectivity index (χ1) is 20.3. The lowest BCUT2D eigenvalue weighted by molar-refractivity contribution is -0.0907. The molecule has 5 heteroatoms. The molecular formula is C37H39BrN2OS. The third-order valence-electron chi connectivity index (χ3n) is 12.3. The number of nitrogen functional groups attached to an aromatic ring is 1. The van der Waals surface area contributed by atoms with E-state index in [4.69, 9.17) is 10.7 Å². The van der Waals surface area contributed by atoms with Crippen LogP contribution in [0.2, 0.25) is 0 Å². The van der Waals surface area contributed by atoms with Crippen LogP contribution >= 0.6 is 27.3 Å². The van der Waals surface area contributed by atoms with Crippen molar-refractivity contribution in [2.45, 2.75) is 77.0 Å². The molecule has 2 aromatic carbocycles. The van der Waals surface area contributed by atoms with Gasteiger partial charge in [-0.15, -0.1) is 11.3 Å². The first-order valence-corrected chi connectivity index (χ1v) is 17.5. The maximum atomic E-state index is 13.7. The molecular weight excluding hydrogens is 600 g/mol. The van der Waals surface area contributed by atoms with E-state index >= 15 is 0 Å². The number of anilines is 1. The van der Waals surface area contributed by atoms with Crippen molar-refractivity contribution in [3.63, 3.8) is 0 Å². The Kier molecular flexibility index (Phi) is 6.29. The van der Waals surface area contributed by atoms with Crippen LogP contribution in [0.1, 0.15) is 91.7 Å². The number of halogens is 1. The van der Waals surface area contributed by atoms with Crippen molar-refractivity contribution in [2.24, 2.45) is 29.1 Å². The van der Waals surface area contributed by atoms with Crippen LogP contribution in [-0.4, -0.2) is 10.8 Å². The quantitative estimate of drug-likeness (QED) is 0.227. The van der Waals surface area contributed by atoms with E-state index in [2.05, 4.69) is 60.1 Å². The molecule has 6 atom stereocenters. The average molecular weight is 640 g/mol. The molecule has 4 aromatic rings. The summed E-state index contributed by atoms with van der Waals surface area (Å²) in [6.07, 6.45) is 12.1. The molecule has 0 amide bonds. The molecule has 8 rings (SSSR count). The molecule has 3 saturated carbocycles. The molecule has 0 bridgehead atoms. The molecule has 0 radical (unpaired) electrons. The highest BCUT2D eigenvalue weighted by atomic mass is 79.9. The zero-order chi connectivity index (χ0) is 28.8. The minimum atomic E-state index is -0.0238. The molecule has 0 spiro atoms. The number of carbonyl (C=O) groups excluding carboxylic acids is 1. The molecule has 2 N–H and O–H groups in total. The molecule has 3 nitrogen and oxygen atoms in total. The normalized spacial score (nSPS) is 31.7. The summed E-state index contributed by atoms with van der Waals surface area (Å²) in [6, 6.07) is 18.3. The van der Waals surface area contributed by atoms with E-state index in [1.54, 1.807) is 0 Å². The van der Waals surface area contributed by atoms with Gasteiger partial charge in [0, 0.05) is 20.8 Å². The van der Waals surface area contributed by atoms with Crippen molar-refractivity contribution in [1.29, 1.82) is 0 Å². The topological polar surface area (TPSA) is 56.0 Å². The Morgan fingerprint density at radius 1 is 0.952 bits per heavy atom. The monoisotopic (exact) mass is 638 g/mol. The number of nitrogens with zero attached hydrogens (tertiary/aromatic N) is 1. The average Bonchev–Trinajstić information content (AvgIpc) is 3.49. The second kappa shape index (κ2) is 9.75. The van der Waals surface area contributed by atoms with Gasteiger partial charge in [-0.1, -0.05) is 73.0 Å². The number of nitrogens with two attached hydrogens (primary N) is 1. The molecule has 2 aromatic heterocycles. The van der Waals surface area contributed by atoms with Gasteiger partial charge in [0.15, 0.2) is 0 Å². The van der Waals surface area contributed by atoms with Gasteiger partial charge >= 0.3 is 0 Å². The first-order valence-electron chi connectivity index (χ1n) is 15.9. The van der Waals surface area contributed by atoms with Crippen molar-refractivity contribution >= 4 is 49.0 Å². The Hall–Kier alpha value is -2.50. The van der Waals surface area contributed by atoms with Gasteiger partial charge in [-0.25, -0.2) is 4.98 Å². The van der Waals surface area contributed by atoms with Gasteiger partial charge in [0.05, 0.1) is 11.4 Å². The highest BCUT2D eigenvalue weighted by Gasteiger charge is 2.59. The lowest BCUT2D eigenvalue weighted by atomic mass is 9.45. The smallest absolute Gasteiger partial charge is 0.205 e. The molecule has 42 heavy (non-hydrogen) atoms. The summed E-state index contributed by atoms with van der Waals surface area (Å²) in [5.74, 6) is 3.13. The number of hydrogen-bond donors (Lipinski definition) is 1. The van der Waals surface area contributed by atoms with Crippen LogP contribution in [0.15, 0.2) is 59.1 Å². The Morgan fingerprint density at radius 2 is 1.74 bits per heavy atom. The molecule has 2 heterocycles. The first kappa shape index (κ1) is 27.1. The summed E-state index contributed by atoms with van der Waals surface area (Å²) >= 11 is 4.97. The maximum Gasteiger partial charge on any atom is 0.205 e. The van der Waals surface area contributed by atoms with Gasteiger partial charge in [-0.3, -0.25) is 4.79 Å². The summed E-state index contributed by atoms with van der Waals surface area (Å²) in [7, 11) is 0. The van der Waals surface area contributed by atoms with Gasteiger partial charge < -0.3 is 5.73 Å². The summed E-state index contributed by atoms with van der Waals surface area (Å²) in [6.45, 7) is 5.18. The van der Waals surface area contributed by atoms with Crippen LogP contribution in [-0.2, 0) is 11.8 Å². The molecule has 216 valence electrons. The summed E-state index contributed by atoms with van der Waals surface area (Å²) in [5, 5.41) is 0.979. The SMILES string of the molecule is C[C@]12CCCCC1CCC1C2CC[C@]2(C)c3nc4sc(C(=O)c5ccc(Br)cc5)c(N)c4c(-c4ccccc4)c3CC12. The highest BCUT2D eigenvalue weighted by Crippen LogP contribution is 2.66.